The van der Waals surface area contributed by atoms with Gasteiger partial charge in [-0.2, -0.15) is 0 Å². The smallest absolute Gasteiger partial charge is 0.477 e. The van der Waals surface area contributed by atoms with Gasteiger partial charge in [0.15, 0.2) is 6.54 Å². The fourth-order valence-electron chi connectivity index (χ4n) is 1.63. The van der Waals surface area contributed by atoms with Gasteiger partial charge in [0.25, 0.3) is 0 Å². The minimum Gasteiger partial charge on any atom is -0.477 e. The summed E-state index contributed by atoms with van der Waals surface area (Å²) in [7, 11) is 5.52. The van der Waals surface area contributed by atoms with Crippen molar-refractivity contribution in [3.8, 4) is 0 Å². The summed E-state index contributed by atoms with van der Waals surface area (Å²) < 4.78 is 0.481. The largest absolute Gasteiger partial charge is 1.00 e. The first-order valence-electron chi connectivity index (χ1n) is 6.28. The normalized spacial score (nSPS) is 15.4. The number of aliphatic imine (C=N–C) groups is 1. The van der Waals surface area contributed by atoms with E-state index in [2.05, 4.69) is 11.6 Å². The number of amidine groups is 1. The molecule has 1 aliphatic heterocycles. The van der Waals surface area contributed by atoms with E-state index in [0.717, 1.165) is 25.3 Å². The first kappa shape index (κ1) is 21.9. The van der Waals surface area contributed by atoms with E-state index in [0.29, 0.717) is 4.48 Å². The molecule has 0 radical (unpaired) electrons. The number of carboxylic acids is 1. The molecule has 2 N–H and O–H groups in total. The SMILES string of the molecule is C=CCC1=NCCN1C(C)O.C[N+](C)(C)CC(=O)O.[Na+]. The van der Waals surface area contributed by atoms with Crippen LogP contribution in [-0.2, 0) is 4.79 Å². The summed E-state index contributed by atoms with van der Waals surface area (Å²) >= 11 is 0. The predicted octanol–water partition coefficient (Wildman–Crippen LogP) is -2.60. The average Bonchev–Trinajstić information content (AvgIpc) is 2.63. The molecule has 0 spiro atoms. The summed E-state index contributed by atoms with van der Waals surface area (Å²) in [6.45, 7) is 7.20. The second-order valence-corrected chi connectivity index (χ2v) is 5.46. The Balaban J connectivity index is 0. The molecule has 1 atom stereocenters. The van der Waals surface area contributed by atoms with Crippen molar-refractivity contribution in [2.75, 3.05) is 40.8 Å². The van der Waals surface area contributed by atoms with Crippen LogP contribution in [0.3, 0.4) is 0 Å². The molecule has 1 heterocycles. The number of hydrogen-bond donors (Lipinski definition) is 2. The zero-order valence-corrected chi connectivity index (χ0v) is 15.3. The van der Waals surface area contributed by atoms with E-state index in [-0.39, 0.29) is 36.1 Å². The number of quaternary nitrogens is 1. The number of rotatable bonds is 5. The number of aliphatic hydroxyl groups excluding tert-OH is 1. The van der Waals surface area contributed by atoms with Gasteiger partial charge in [0.1, 0.15) is 12.1 Å². The number of aliphatic hydroxyl groups is 1. The van der Waals surface area contributed by atoms with E-state index in [4.69, 9.17) is 5.11 Å². The molecule has 7 heteroatoms. The van der Waals surface area contributed by atoms with Gasteiger partial charge >= 0.3 is 35.5 Å². The van der Waals surface area contributed by atoms with Crippen LogP contribution in [0.15, 0.2) is 17.6 Å². The van der Waals surface area contributed by atoms with Crippen LogP contribution in [0.25, 0.3) is 0 Å². The summed E-state index contributed by atoms with van der Waals surface area (Å²) in [6, 6.07) is 0. The Morgan fingerprint density at radius 3 is 2.40 bits per heavy atom. The summed E-state index contributed by atoms with van der Waals surface area (Å²) in [5, 5.41) is 17.5. The molecule has 20 heavy (non-hydrogen) atoms. The molecule has 0 fully saturated rings. The van der Waals surface area contributed by atoms with Crippen LogP contribution >= 0.6 is 0 Å². The standard InChI is InChI=1S/C8H14N2O.C5H11NO2.Na/c1-3-4-8-9-5-6-10(8)7(2)11;1-6(2,3)4-5(7)8;/h3,7,11H,1,4-6H2,2H3;4H2,1-3H3;/q;;+1/p+1. The molecular weight excluding hydrogens is 269 g/mol. The van der Waals surface area contributed by atoms with Crippen molar-refractivity contribution in [2.45, 2.75) is 19.6 Å². The van der Waals surface area contributed by atoms with Gasteiger partial charge < -0.3 is 19.6 Å². The number of carbonyl (C=O) groups is 1. The molecule has 1 aliphatic rings. The van der Waals surface area contributed by atoms with Crippen LogP contribution in [0.5, 0.6) is 0 Å². The molecule has 0 saturated heterocycles. The van der Waals surface area contributed by atoms with Crippen molar-refractivity contribution >= 4 is 11.8 Å². The Labute approximate surface area is 143 Å². The molecule has 0 aromatic heterocycles. The molecular formula is C13H26N3NaO3+2. The maximum atomic E-state index is 10.00. The zero-order valence-electron chi connectivity index (χ0n) is 13.3. The Hall–Kier alpha value is -0.400. The average molecular weight is 295 g/mol. The van der Waals surface area contributed by atoms with Crippen LogP contribution < -0.4 is 29.6 Å². The van der Waals surface area contributed by atoms with Crippen molar-refractivity contribution in [3.05, 3.63) is 12.7 Å². The molecule has 0 amide bonds. The minimum atomic E-state index is -0.752. The van der Waals surface area contributed by atoms with Crippen LogP contribution in [-0.4, -0.2) is 78.4 Å². The third-order valence-corrected chi connectivity index (χ3v) is 2.35. The Bertz CT molecular complexity index is 338. The van der Waals surface area contributed by atoms with Gasteiger partial charge in [0.2, 0.25) is 0 Å². The fourth-order valence-corrected chi connectivity index (χ4v) is 1.63. The van der Waals surface area contributed by atoms with E-state index >= 15 is 0 Å². The molecule has 0 aromatic carbocycles. The zero-order chi connectivity index (χ0) is 15.1. The molecule has 0 saturated carbocycles. The number of nitrogens with zero attached hydrogens (tertiary/aromatic N) is 3. The third-order valence-electron chi connectivity index (χ3n) is 2.35. The Morgan fingerprint density at radius 2 is 2.10 bits per heavy atom. The van der Waals surface area contributed by atoms with Gasteiger partial charge in [-0.05, 0) is 6.92 Å². The van der Waals surface area contributed by atoms with Crippen molar-refractivity contribution in [2.24, 2.45) is 4.99 Å². The summed E-state index contributed by atoms with van der Waals surface area (Å²) in [4.78, 5) is 16.1. The van der Waals surface area contributed by atoms with Crippen LogP contribution in [0.1, 0.15) is 13.3 Å². The van der Waals surface area contributed by atoms with Gasteiger partial charge in [-0.25, -0.2) is 4.79 Å². The third kappa shape index (κ3) is 10.4. The van der Waals surface area contributed by atoms with Gasteiger partial charge in [-0.15, -0.1) is 6.58 Å². The fraction of sp³-hybridized carbons (Fsp3) is 0.692. The maximum absolute atomic E-state index is 10.00. The van der Waals surface area contributed by atoms with Crippen molar-refractivity contribution in [3.63, 3.8) is 0 Å². The summed E-state index contributed by atoms with van der Waals surface area (Å²) in [6.07, 6.45) is 2.14. The van der Waals surface area contributed by atoms with Gasteiger partial charge in [0, 0.05) is 13.0 Å². The second-order valence-electron chi connectivity index (χ2n) is 5.46. The molecule has 110 valence electrons. The van der Waals surface area contributed by atoms with Gasteiger partial charge in [-0.1, -0.05) is 6.08 Å². The number of carboxylic acid groups (broad SMARTS) is 1. The predicted molar refractivity (Wildman–Crippen MR) is 76.0 cm³/mol. The van der Waals surface area contributed by atoms with Crippen LogP contribution in [0.2, 0.25) is 0 Å². The van der Waals surface area contributed by atoms with Gasteiger partial charge in [-0.3, -0.25) is 4.99 Å². The maximum Gasteiger partial charge on any atom is 1.00 e. The quantitative estimate of drug-likeness (QED) is 0.331. The first-order chi connectivity index (χ1) is 8.67. The van der Waals surface area contributed by atoms with Crippen LogP contribution in [0, 0.1) is 0 Å². The van der Waals surface area contributed by atoms with Crippen molar-refractivity contribution in [1.82, 2.24) is 4.90 Å². The van der Waals surface area contributed by atoms with E-state index in [1.165, 1.54) is 0 Å². The number of hydrogen-bond acceptors (Lipinski definition) is 4. The molecule has 0 aromatic rings. The van der Waals surface area contributed by atoms with Crippen LogP contribution in [0.4, 0.5) is 0 Å². The van der Waals surface area contributed by atoms with E-state index in [1.807, 2.05) is 26.0 Å². The number of likely N-dealkylation sites (N-methyl/N-ethyl adjacent to an activating group) is 1. The number of aliphatic carboxylic acids is 1. The Morgan fingerprint density at radius 1 is 1.55 bits per heavy atom. The summed E-state index contributed by atoms with van der Waals surface area (Å²) in [5.41, 5.74) is 0. The summed E-state index contributed by atoms with van der Waals surface area (Å²) in [5.74, 6) is 0.201. The van der Waals surface area contributed by atoms with Gasteiger partial charge in [0.05, 0.1) is 27.7 Å². The molecule has 1 unspecified atom stereocenters. The van der Waals surface area contributed by atoms with E-state index in [1.54, 1.807) is 13.0 Å². The minimum absolute atomic E-state index is 0. The topological polar surface area (TPSA) is 73.1 Å². The van der Waals surface area contributed by atoms with Crippen molar-refractivity contribution in [1.29, 1.82) is 0 Å². The molecule has 1 rings (SSSR count). The van der Waals surface area contributed by atoms with E-state index < -0.39 is 12.2 Å². The molecule has 0 aliphatic carbocycles. The Kier molecular flexibility index (Phi) is 11.3. The van der Waals surface area contributed by atoms with E-state index in [9.17, 15) is 9.90 Å². The second kappa shape index (κ2) is 10.3. The monoisotopic (exact) mass is 295 g/mol. The first-order valence-corrected chi connectivity index (χ1v) is 6.28. The molecule has 0 bridgehead atoms. The molecule has 6 nitrogen and oxygen atoms in total. The van der Waals surface area contributed by atoms with Crippen molar-refractivity contribution < 1.29 is 49.0 Å².